The van der Waals surface area contributed by atoms with Gasteiger partial charge in [0.25, 0.3) is 5.56 Å². The first-order chi connectivity index (χ1) is 13.0. The fourth-order valence-electron chi connectivity index (χ4n) is 2.63. The standard InChI is InChI=1S/C19H19N5O3/c20-18(26)14-5-3-4-13(10-14)7-8-21-19(27)22-12-15-11-17(25)24-9-2-1-6-16(24)23-15/h1-6,9-11H,7-8,12H2,(H2,20,26)(H2,21,22,27). The molecule has 3 rings (SSSR count). The second-order valence-corrected chi connectivity index (χ2v) is 5.94. The molecular formula is C19H19N5O3. The van der Waals surface area contributed by atoms with Crippen LogP contribution in [0, 0.1) is 0 Å². The average Bonchev–Trinajstić information content (AvgIpc) is 2.67. The van der Waals surface area contributed by atoms with E-state index in [-0.39, 0.29) is 18.1 Å². The number of rotatable bonds is 6. The lowest BCUT2D eigenvalue weighted by Crippen LogP contribution is -2.36. The molecule has 0 unspecified atom stereocenters. The highest BCUT2D eigenvalue weighted by molar-refractivity contribution is 5.92. The smallest absolute Gasteiger partial charge is 0.315 e. The Hall–Kier alpha value is -3.68. The summed E-state index contributed by atoms with van der Waals surface area (Å²) in [5.41, 5.74) is 7.39. The average molecular weight is 365 g/mol. The van der Waals surface area contributed by atoms with Crippen molar-refractivity contribution in [3.05, 3.63) is 81.9 Å². The molecule has 0 spiro atoms. The number of carbonyl (C=O) groups is 2. The van der Waals surface area contributed by atoms with E-state index in [2.05, 4.69) is 15.6 Å². The molecule has 0 fully saturated rings. The zero-order valence-electron chi connectivity index (χ0n) is 14.5. The molecule has 3 amide bonds. The number of nitrogens with two attached hydrogens (primary N) is 1. The largest absolute Gasteiger partial charge is 0.366 e. The van der Waals surface area contributed by atoms with Crippen molar-refractivity contribution >= 4 is 17.6 Å². The number of hydrogen-bond donors (Lipinski definition) is 3. The topological polar surface area (TPSA) is 119 Å². The molecule has 8 nitrogen and oxygen atoms in total. The minimum Gasteiger partial charge on any atom is -0.366 e. The number of aromatic nitrogens is 2. The Morgan fingerprint density at radius 2 is 1.93 bits per heavy atom. The van der Waals surface area contributed by atoms with Crippen molar-refractivity contribution in [2.75, 3.05) is 6.54 Å². The summed E-state index contributed by atoms with van der Waals surface area (Å²) < 4.78 is 1.43. The Kier molecular flexibility index (Phi) is 5.46. The van der Waals surface area contributed by atoms with Crippen LogP contribution < -0.4 is 21.9 Å². The number of hydrogen-bond acceptors (Lipinski definition) is 4. The van der Waals surface area contributed by atoms with Gasteiger partial charge in [-0.15, -0.1) is 0 Å². The molecule has 27 heavy (non-hydrogen) atoms. The van der Waals surface area contributed by atoms with Crippen molar-refractivity contribution in [3.8, 4) is 0 Å². The fraction of sp³-hybridized carbons (Fsp3) is 0.158. The van der Waals surface area contributed by atoms with E-state index in [1.165, 1.54) is 10.5 Å². The van der Waals surface area contributed by atoms with Crippen LogP contribution in [0.15, 0.2) is 59.5 Å². The molecule has 0 aliphatic heterocycles. The van der Waals surface area contributed by atoms with Crippen LogP contribution >= 0.6 is 0 Å². The maximum atomic E-state index is 12.0. The van der Waals surface area contributed by atoms with Gasteiger partial charge < -0.3 is 16.4 Å². The minimum atomic E-state index is -0.485. The second-order valence-electron chi connectivity index (χ2n) is 5.94. The Balaban J connectivity index is 1.51. The van der Waals surface area contributed by atoms with Crippen LogP contribution in [0.2, 0.25) is 0 Å². The van der Waals surface area contributed by atoms with E-state index in [1.54, 1.807) is 42.6 Å². The summed E-state index contributed by atoms with van der Waals surface area (Å²) in [6.07, 6.45) is 2.20. The van der Waals surface area contributed by atoms with Crippen molar-refractivity contribution in [1.29, 1.82) is 0 Å². The first-order valence-electron chi connectivity index (χ1n) is 8.41. The number of nitrogens with one attached hydrogen (secondary N) is 2. The molecule has 0 aliphatic carbocycles. The van der Waals surface area contributed by atoms with Gasteiger partial charge in [-0.05, 0) is 36.2 Å². The van der Waals surface area contributed by atoms with Crippen LogP contribution in [-0.2, 0) is 13.0 Å². The summed E-state index contributed by atoms with van der Waals surface area (Å²) in [5, 5.41) is 5.40. The van der Waals surface area contributed by atoms with Crippen LogP contribution in [0.4, 0.5) is 4.79 Å². The minimum absolute atomic E-state index is 0.142. The highest BCUT2D eigenvalue weighted by atomic mass is 16.2. The Labute approximate surface area is 155 Å². The molecule has 138 valence electrons. The molecule has 0 saturated carbocycles. The lowest BCUT2D eigenvalue weighted by Gasteiger charge is -2.08. The van der Waals surface area contributed by atoms with Gasteiger partial charge in [-0.25, -0.2) is 9.78 Å². The molecule has 1 aromatic carbocycles. The maximum absolute atomic E-state index is 12.0. The van der Waals surface area contributed by atoms with Crippen LogP contribution in [-0.4, -0.2) is 27.9 Å². The maximum Gasteiger partial charge on any atom is 0.315 e. The number of amides is 3. The van der Waals surface area contributed by atoms with Crippen LogP contribution in [0.25, 0.3) is 5.65 Å². The number of nitrogens with zero attached hydrogens (tertiary/aromatic N) is 2. The van der Waals surface area contributed by atoms with Crippen LogP contribution in [0.1, 0.15) is 21.6 Å². The van der Waals surface area contributed by atoms with Crippen molar-refractivity contribution < 1.29 is 9.59 Å². The molecule has 8 heteroatoms. The molecule has 0 saturated heterocycles. The van der Waals surface area contributed by atoms with Gasteiger partial charge in [0.15, 0.2) is 0 Å². The summed E-state index contributed by atoms with van der Waals surface area (Å²) in [6, 6.07) is 13.3. The third kappa shape index (κ3) is 4.69. The number of carbonyl (C=O) groups excluding carboxylic acids is 2. The predicted molar refractivity (Wildman–Crippen MR) is 100 cm³/mol. The first kappa shape index (κ1) is 18.1. The Morgan fingerprint density at radius 1 is 1.07 bits per heavy atom. The number of fused-ring (bicyclic) bond motifs is 1. The van der Waals surface area contributed by atoms with E-state index in [0.29, 0.717) is 29.9 Å². The van der Waals surface area contributed by atoms with Gasteiger partial charge in [0, 0.05) is 24.4 Å². The van der Waals surface area contributed by atoms with E-state index in [0.717, 1.165) is 5.56 Å². The first-order valence-corrected chi connectivity index (χ1v) is 8.41. The summed E-state index contributed by atoms with van der Waals surface area (Å²) in [7, 11) is 0. The second kappa shape index (κ2) is 8.13. The van der Waals surface area contributed by atoms with Gasteiger partial charge in [-0.1, -0.05) is 18.2 Å². The molecule has 3 aromatic rings. The van der Waals surface area contributed by atoms with E-state index < -0.39 is 5.91 Å². The van der Waals surface area contributed by atoms with Gasteiger partial charge in [0.05, 0.1) is 12.2 Å². The summed E-state index contributed by atoms with van der Waals surface area (Å²) >= 11 is 0. The predicted octanol–water partition coefficient (Wildman–Crippen LogP) is 0.835. The van der Waals surface area contributed by atoms with E-state index in [9.17, 15) is 14.4 Å². The zero-order chi connectivity index (χ0) is 19.2. The third-order valence-electron chi connectivity index (χ3n) is 3.96. The van der Waals surface area contributed by atoms with Crippen molar-refractivity contribution in [1.82, 2.24) is 20.0 Å². The molecule has 0 radical (unpaired) electrons. The number of urea groups is 1. The van der Waals surface area contributed by atoms with Gasteiger partial charge in [0.1, 0.15) is 5.65 Å². The van der Waals surface area contributed by atoms with E-state index in [4.69, 9.17) is 5.73 Å². The SMILES string of the molecule is NC(=O)c1cccc(CCNC(=O)NCc2cc(=O)n3ccccc3n2)c1. The van der Waals surface area contributed by atoms with Gasteiger partial charge in [-0.3, -0.25) is 14.0 Å². The van der Waals surface area contributed by atoms with Crippen molar-refractivity contribution in [2.45, 2.75) is 13.0 Å². The molecular weight excluding hydrogens is 346 g/mol. The summed E-state index contributed by atoms with van der Waals surface area (Å²) in [6.45, 7) is 0.533. The summed E-state index contributed by atoms with van der Waals surface area (Å²) in [5.74, 6) is -0.485. The van der Waals surface area contributed by atoms with E-state index >= 15 is 0 Å². The molecule has 2 heterocycles. The monoisotopic (exact) mass is 365 g/mol. The Bertz CT molecular complexity index is 1040. The molecule has 0 bridgehead atoms. The highest BCUT2D eigenvalue weighted by Crippen LogP contribution is 2.05. The highest BCUT2D eigenvalue weighted by Gasteiger charge is 2.05. The van der Waals surface area contributed by atoms with E-state index in [1.807, 2.05) is 6.07 Å². The molecule has 0 atom stereocenters. The Morgan fingerprint density at radius 3 is 2.74 bits per heavy atom. The number of primary amides is 1. The fourth-order valence-corrected chi connectivity index (χ4v) is 2.63. The molecule has 2 aromatic heterocycles. The van der Waals surface area contributed by atoms with Crippen molar-refractivity contribution in [3.63, 3.8) is 0 Å². The lowest BCUT2D eigenvalue weighted by atomic mass is 10.1. The molecule has 4 N–H and O–H groups in total. The van der Waals surface area contributed by atoms with Gasteiger partial charge in [-0.2, -0.15) is 0 Å². The van der Waals surface area contributed by atoms with Gasteiger partial charge >= 0.3 is 6.03 Å². The van der Waals surface area contributed by atoms with Crippen LogP contribution in [0.3, 0.4) is 0 Å². The summed E-state index contributed by atoms with van der Waals surface area (Å²) in [4.78, 5) is 39.4. The zero-order valence-corrected chi connectivity index (χ0v) is 14.5. The lowest BCUT2D eigenvalue weighted by molar-refractivity contribution is 0.1000. The number of pyridine rings is 1. The van der Waals surface area contributed by atoms with Gasteiger partial charge in [0.2, 0.25) is 5.91 Å². The quantitative estimate of drug-likeness (QED) is 0.599. The number of benzene rings is 1. The third-order valence-corrected chi connectivity index (χ3v) is 3.96. The normalized spacial score (nSPS) is 10.5. The van der Waals surface area contributed by atoms with Crippen LogP contribution in [0.5, 0.6) is 0 Å². The molecule has 0 aliphatic rings. The van der Waals surface area contributed by atoms with Crippen molar-refractivity contribution in [2.24, 2.45) is 5.73 Å².